The van der Waals surface area contributed by atoms with Gasteiger partial charge in [0.2, 0.25) is 5.91 Å². The summed E-state index contributed by atoms with van der Waals surface area (Å²) < 4.78 is 1.94. The van der Waals surface area contributed by atoms with E-state index in [1.54, 1.807) is 12.1 Å². The van der Waals surface area contributed by atoms with Crippen molar-refractivity contribution in [2.75, 3.05) is 0 Å². The van der Waals surface area contributed by atoms with Crippen LogP contribution in [-0.4, -0.2) is 21.6 Å². The van der Waals surface area contributed by atoms with Crippen molar-refractivity contribution >= 4 is 23.2 Å². The maximum absolute atomic E-state index is 12.1. The van der Waals surface area contributed by atoms with E-state index in [0.717, 1.165) is 23.5 Å². The zero-order chi connectivity index (χ0) is 17.0. The molecule has 124 valence electrons. The van der Waals surface area contributed by atoms with Crippen LogP contribution >= 0.6 is 11.3 Å². The van der Waals surface area contributed by atoms with Gasteiger partial charge >= 0.3 is 0 Å². The minimum atomic E-state index is -0.308. The standard InChI is InChI=1S/C16H22N4O2S/c1-10(2)9-20-12(4)13(11(3)19-20)8-15(21)17-18-16(22)14-6-5-7-23-14/h5-7,10H,8-9H2,1-4H3,(H,17,21)(H,18,22). The van der Waals surface area contributed by atoms with Crippen molar-refractivity contribution in [2.24, 2.45) is 5.92 Å². The van der Waals surface area contributed by atoms with E-state index in [2.05, 4.69) is 29.8 Å². The summed E-state index contributed by atoms with van der Waals surface area (Å²) in [5.41, 5.74) is 7.64. The molecule has 0 atom stereocenters. The summed E-state index contributed by atoms with van der Waals surface area (Å²) in [5, 5.41) is 6.30. The molecule has 0 bridgehead atoms. The Morgan fingerprint density at radius 3 is 2.65 bits per heavy atom. The third-order valence-electron chi connectivity index (χ3n) is 3.47. The van der Waals surface area contributed by atoms with Crippen molar-refractivity contribution < 1.29 is 9.59 Å². The summed E-state index contributed by atoms with van der Waals surface area (Å²) in [6.45, 7) is 8.95. The van der Waals surface area contributed by atoms with Gasteiger partial charge in [0, 0.05) is 17.8 Å². The number of aryl methyl sites for hydroxylation is 1. The number of nitrogens with zero attached hydrogens (tertiary/aromatic N) is 2. The monoisotopic (exact) mass is 334 g/mol. The molecule has 0 aromatic carbocycles. The van der Waals surface area contributed by atoms with Crippen LogP contribution in [0.2, 0.25) is 0 Å². The molecule has 2 N–H and O–H groups in total. The first-order chi connectivity index (χ1) is 10.9. The van der Waals surface area contributed by atoms with Crippen molar-refractivity contribution in [3.05, 3.63) is 39.3 Å². The number of hydrogen-bond donors (Lipinski definition) is 2. The zero-order valence-corrected chi connectivity index (χ0v) is 14.7. The first-order valence-electron chi connectivity index (χ1n) is 7.54. The van der Waals surface area contributed by atoms with Gasteiger partial charge in [-0.25, -0.2) is 0 Å². The summed E-state index contributed by atoms with van der Waals surface area (Å²) in [6, 6.07) is 3.49. The summed E-state index contributed by atoms with van der Waals surface area (Å²) in [6.07, 6.45) is 0.195. The van der Waals surface area contributed by atoms with Gasteiger partial charge in [-0.3, -0.25) is 25.1 Å². The molecule has 2 heterocycles. The number of amides is 2. The summed E-state index contributed by atoms with van der Waals surface area (Å²) in [7, 11) is 0. The number of carbonyl (C=O) groups is 2. The fourth-order valence-electron chi connectivity index (χ4n) is 2.31. The van der Waals surface area contributed by atoms with Gasteiger partial charge in [-0.1, -0.05) is 19.9 Å². The van der Waals surface area contributed by atoms with Gasteiger partial charge in [0.15, 0.2) is 0 Å². The second kappa shape index (κ2) is 7.41. The molecular formula is C16H22N4O2S. The molecule has 0 saturated heterocycles. The van der Waals surface area contributed by atoms with E-state index in [9.17, 15) is 9.59 Å². The van der Waals surface area contributed by atoms with Gasteiger partial charge in [0.05, 0.1) is 17.0 Å². The Morgan fingerprint density at radius 1 is 1.30 bits per heavy atom. The average molecular weight is 334 g/mol. The van der Waals surface area contributed by atoms with Crippen LogP contribution in [0.5, 0.6) is 0 Å². The van der Waals surface area contributed by atoms with Crippen LogP contribution in [0.25, 0.3) is 0 Å². The molecule has 0 aliphatic heterocycles. The lowest BCUT2D eigenvalue weighted by molar-refractivity contribution is -0.121. The molecule has 6 nitrogen and oxygen atoms in total. The van der Waals surface area contributed by atoms with Crippen LogP contribution in [0.1, 0.15) is 40.5 Å². The number of thiophene rings is 1. The Morgan fingerprint density at radius 2 is 2.04 bits per heavy atom. The van der Waals surface area contributed by atoms with E-state index in [1.807, 2.05) is 23.9 Å². The largest absolute Gasteiger partial charge is 0.279 e. The molecule has 2 aromatic rings. The highest BCUT2D eigenvalue weighted by Gasteiger charge is 2.16. The Labute approximate surface area is 139 Å². The van der Waals surface area contributed by atoms with E-state index in [-0.39, 0.29) is 18.2 Å². The fraction of sp³-hybridized carbons (Fsp3) is 0.438. The summed E-state index contributed by atoms with van der Waals surface area (Å²) >= 11 is 1.32. The lowest BCUT2D eigenvalue weighted by atomic mass is 10.1. The molecule has 2 rings (SSSR count). The number of rotatable bonds is 5. The predicted octanol–water partition coefficient (Wildman–Crippen LogP) is 2.22. The normalized spacial score (nSPS) is 10.8. The third-order valence-corrected chi connectivity index (χ3v) is 4.34. The molecule has 0 radical (unpaired) electrons. The third kappa shape index (κ3) is 4.41. The van der Waals surface area contributed by atoms with Crippen molar-refractivity contribution in [3.63, 3.8) is 0 Å². The van der Waals surface area contributed by atoms with Gasteiger partial charge < -0.3 is 0 Å². The van der Waals surface area contributed by atoms with E-state index in [4.69, 9.17) is 0 Å². The first-order valence-corrected chi connectivity index (χ1v) is 8.42. The minimum Gasteiger partial charge on any atom is -0.273 e. The Hall–Kier alpha value is -2.15. The van der Waals surface area contributed by atoms with Crippen LogP contribution in [0.3, 0.4) is 0 Å². The van der Waals surface area contributed by atoms with Gasteiger partial charge in [-0.05, 0) is 31.2 Å². The molecule has 2 aromatic heterocycles. The Bertz CT molecular complexity index is 689. The smallest absolute Gasteiger partial charge is 0.273 e. The van der Waals surface area contributed by atoms with Crippen LogP contribution in [0.4, 0.5) is 0 Å². The molecule has 7 heteroatoms. The molecule has 23 heavy (non-hydrogen) atoms. The van der Waals surface area contributed by atoms with Gasteiger partial charge in [-0.2, -0.15) is 5.10 Å². The van der Waals surface area contributed by atoms with E-state index in [1.165, 1.54) is 11.3 Å². The van der Waals surface area contributed by atoms with Crippen molar-refractivity contribution in [1.82, 2.24) is 20.6 Å². The highest BCUT2D eigenvalue weighted by molar-refractivity contribution is 7.12. The summed E-state index contributed by atoms with van der Waals surface area (Å²) in [5.74, 6) is -0.0812. The number of nitrogens with one attached hydrogen (secondary N) is 2. The van der Waals surface area contributed by atoms with Crippen molar-refractivity contribution in [1.29, 1.82) is 0 Å². The van der Waals surface area contributed by atoms with Crippen LogP contribution in [-0.2, 0) is 17.8 Å². The van der Waals surface area contributed by atoms with Gasteiger partial charge in [-0.15, -0.1) is 11.3 Å². The minimum absolute atomic E-state index is 0.195. The van der Waals surface area contributed by atoms with E-state index in [0.29, 0.717) is 10.8 Å². The molecule has 0 unspecified atom stereocenters. The second-order valence-electron chi connectivity index (χ2n) is 5.88. The molecule has 0 aliphatic carbocycles. The number of hydrogen-bond acceptors (Lipinski definition) is 4. The van der Waals surface area contributed by atoms with E-state index < -0.39 is 0 Å². The van der Waals surface area contributed by atoms with Crippen LogP contribution < -0.4 is 10.9 Å². The maximum Gasteiger partial charge on any atom is 0.279 e. The SMILES string of the molecule is Cc1nn(CC(C)C)c(C)c1CC(=O)NNC(=O)c1cccs1. The topological polar surface area (TPSA) is 76.0 Å². The second-order valence-corrected chi connectivity index (χ2v) is 6.83. The van der Waals surface area contributed by atoms with Crippen molar-refractivity contribution in [3.8, 4) is 0 Å². The highest BCUT2D eigenvalue weighted by Crippen LogP contribution is 2.15. The highest BCUT2D eigenvalue weighted by atomic mass is 32.1. The zero-order valence-electron chi connectivity index (χ0n) is 13.8. The Balaban J connectivity index is 1.95. The van der Waals surface area contributed by atoms with Crippen LogP contribution in [0, 0.1) is 19.8 Å². The first kappa shape index (κ1) is 17.2. The molecule has 0 spiro atoms. The quantitative estimate of drug-likeness (QED) is 0.823. The average Bonchev–Trinajstić information content (AvgIpc) is 3.09. The molecule has 0 fully saturated rings. The van der Waals surface area contributed by atoms with Gasteiger partial charge in [0.25, 0.3) is 5.91 Å². The van der Waals surface area contributed by atoms with Gasteiger partial charge in [0.1, 0.15) is 0 Å². The number of carbonyl (C=O) groups excluding carboxylic acids is 2. The lowest BCUT2D eigenvalue weighted by Gasteiger charge is -2.09. The lowest BCUT2D eigenvalue weighted by Crippen LogP contribution is -2.42. The predicted molar refractivity (Wildman–Crippen MR) is 90.2 cm³/mol. The van der Waals surface area contributed by atoms with Crippen molar-refractivity contribution in [2.45, 2.75) is 40.7 Å². The number of hydrazine groups is 1. The molecule has 0 saturated carbocycles. The summed E-state index contributed by atoms with van der Waals surface area (Å²) in [4.78, 5) is 24.4. The fourth-order valence-corrected chi connectivity index (χ4v) is 2.93. The van der Waals surface area contributed by atoms with Crippen LogP contribution in [0.15, 0.2) is 17.5 Å². The number of aromatic nitrogens is 2. The Kier molecular flexibility index (Phi) is 5.54. The van der Waals surface area contributed by atoms with E-state index >= 15 is 0 Å². The molecule has 2 amide bonds. The molecular weight excluding hydrogens is 312 g/mol. The maximum atomic E-state index is 12.1. The molecule has 0 aliphatic rings.